The average molecular weight is 373 g/mol. The summed E-state index contributed by atoms with van der Waals surface area (Å²) < 4.78 is 46.4. The maximum Gasteiger partial charge on any atom is 0.167 e. The van der Waals surface area contributed by atoms with Crippen molar-refractivity contribution in [3.63, 3.8) is 0 Å². The highest BCUT2D eigenvalue weighted by molar-refractivity contribution is 5.87. The van der Waals surface area contributed by atoms with Crippen LogP contribution in [-0.2, 0) is 6.54 Å². The Labute approximate surface area is 154 Å². The molecule has 1 fully saturated rings. The lowest BCUT2D eigenvalue weighted by Crippen LogP contribution is -2.46. The van der Waals surface area contributed by atoms with E-state index in [2.05, 4.69) is 10.3 Å². The summed E-state index contributed by atoms with van der Waals surface area (Å²) in [6.45, 7) is 0.342. The first-order chi connectivity index (χ1) is 13.0. The summed E-state index contributed by atoms with van der Waals surface area (Å²) in [5.41, 5.74) is 6.26. The van der Waals surface area contributed by atoms with Gasteiger partial charge in [-0.25, -0.2) is 18.2 Å². The highest BCUT2D eigenvalue weighted by Crippen LogP contribution is 2.29. The van der Waals surface area contributed by atoms with Crippen molar-refractivity contribution in [2.24, 2.45) is 0 Å². The number of hydrogen-bond donors (Lipinski definition) is 2. The fraction of sp³-hybridized carbons (Fsp3) is 0.250. The van der Waals surface area contributed by atoms with Crippen LogP contribution >= 0.6 is 0 Å². The van der Waals surface area contributed by atoms with E-state index < -0.39 is 11.6 Å². The third kappa shape index (κ3) is 3.68. The van der Waals surface area contributed by atoms with Crippen LogP contribution < -0.4 is 15.8 Å². The summed E-state index contributed by atoms with van der Waals surface area (Å²) >= 11 is 0. The predicted octanol–water partition coefficient (Wildman–Crippen LogP) is 3.93. The Morgan fingerprint density at radius 3 is 2.67 bits per heavy atom. The number of nitrogens with zero attached hydrogens (tertiary/aromatic N) is 1. The second-order valence-electron chi connectivity index (χ2n) is 6.72. The van der Waals surface area contributed by atoms with Gasteiger partial charge in [0.15, 0.2) is 11.6 Å². The second kappa shape index (κ2) is 7.08. The third-order valence-electron chi connectivity index (χ3n) is 4.83. The van der Waals surface area contributed by atoms with Crippen molar-refractivity contribution >= 4 is 16.6 Å². The van der Waals surface area contributed by atoms with Crippen LogP contribution in [0.5, 0.6) is 5.75 Å². The Morgan fingerprint density at radius 1 is 1.07 bits per heavy atom. The van der Waals surface area contributed by atoms with Gasteiger partial charge in [0.25, 0.3) is 0 Å². The van der Waals surface area contributed by atoms with Gasteiger partial charge in [-0.05, 0) is 48.6 Å². The number of fused-ring (bicyclic) bond motifs is 1. The Bertz CT molecular complexity index is 984. The molecule has 4 rings (SSSR count). The van der Waals surface area contributed by atoms with Gasteiger partial charge in [0.2, 0.25) is 0 Å². The fourth-order valence-electron chi connectivity index (χ4n) is 3.27. The van der Waals surface area contributed by atoms with E-state index in [0.29, 0.717) is 30.8 Å². The van der Waals surface area contributed by atoms with Gasteiger partial charge in [0.1, 0.15) is 23.6 Å². The van der Waals surface area contributed by atoms with Gasteiger partial charge in [-0.3, -0.25) is 0 Å². The fourth-order valence-corrected chi connectivity index (χ4v) is 3.27. The molecule has 3 N–H and O–H groups in total. The number of rotatable bonds is 5. The van der Waals surface area contributed by atoms with E-state index in [1.807, 2.05) is 0 Å². The predicted molar refractivity (Wildman–Crippen MR) is 96.7 cm³/mol. The number of pyridine rings is 1. The molecule has 0 radical (unpaired) electrons. The van der Waals surface area contributed by atoms with Crippen molar-refractivity contribution in [1.29, 1.82) is 0 Å². The molecule has 0 aliphatic heterocycles. The van der Waals surface area contributed by atoms with Crippen molar-refractivity contribution in [2.45, 2.75) is 31.5 Å². The summed E-state index contributed by atoms with van der Waals surface area (Å²) in [6.07, 6.45) is 2.79. The monoisotopic (exact) mass is 373 g/mol. The standard InChI is InChI=1S/C20H18F3N3O/c21-12-2-4-19(18(23)5-12)27-14-6-13(7-14)25-10-16-15-8-20(24)26-9-11(15)1-3-17(16)22/h1-5,8-9,13-14,25H,6-7,10H2,(H2,24,26). The van der Waals surface area contributed by atoms with E-state index in [9.17, 15) is 13.2 Å². The lowest BCUT2D eigenvalue weighted by molar-refractivity contribution is 0.0801. The van der Waals surface area contributed by atoms with Gasteiger partial charge >= 0.3 is 0 Å². The molecular formula is C20H18F3N3O. The summed E-state index contributed by atoms with van der Waals surface area (Å²) in [5.74, 6) is -1.27. The molecule has 1 saturated carbocycles. The number of nitrogen functional groups attached to an aromatic ring is 1. The highest BCUT2D eigenvalue weighted by Gasteiger charge is 2.31. The number of nitrogens with two attached hydrogens (primary N) is 1. The summed E-state index contributed by atoms with van der Waals surface area (Å²) in [6, 6.07) is 8.14. The SMILES string of the molecule is Nc1cc2c(CNC3CC(Oc4ccc(F)cc4F)C3)c(F)ccc2cn1. The quantitative estimate of drug-likeness (QED) is 0.711. The lowest BCUT2D eigenvalue weighted by Gasteiger charge is -2.36. The molecule has 0 unspecified atom stereocenters. The van der Waals surface area contributed by atoms with Crippen molar-refractivity contribution in [3.8, 4) is 5.75 Å². The number of hydrogen-bond acceptors (Lipinski definition) is 4. The molecule has 7 heteroatoms. The van der Waals surface area contributed by atoms with E-state index in [1.165, 1.54) is 12.1 Å². The first-order valence-corrected chi connectivity index (χ1v) is 8.67. The molecule has 1 aromatic heterocycles. The largest absolute Gasteiger partial charge is 0.487 e. The van der Waals surface area contributed by atoms with E-state index in [1.54, 1.807) is 18.3 Å². The molecule has 0 bridgehead atoms. The topological polar surface area (TPSA) is 60.2 Å². The Balaban J connectivity index is 1.37. The molecule has 1 aliphatic carbocycles. The molecule has 27 heavy (non-hydrogen) atoms. The summed E-state index contributed by atoms with van der Waals surface area (Å²) in [4.78, 5) is 4.03. The Morgan fingerprint density at radius 2 is 1.89 bits per heavy atom. The van der Waals surface area contributed by atoms with Crippen LogP contribution in [0.15, 0.2) is 42.6 Å². The molecule has 1 aliphatic rings. The van der Waals surface area contributed by atoms with Crippen LogP contribution in [0.1, 0.15) is 18.4 Å². The van der Waals surface area contributed by atoms with E-state index in [4.69, 9.17) is 10.5 Å². The molecule has 4 nitrogen and oxygen atoms in total. The molecule has 2 aromatic carbocycles. The number of anilines is 1. The van der Waals surface area contributed by atoms with Crippen molar-refractivity contribution < 1.29 is 17.9 Å². The minimum Gasteiger partial charge on any atom is -0.487 e. The molecule has 0 saturated heterocycles. The molecule has 0 atom stereocenters. The van der Waals surface area contributed by atoms with Crippen molar-refractivity contribution in [3.05, 3.63) is 65.6 Å². The average Bonchev–Trinajstić information content (AvgIpc) is 2.60. The molecule has 0 spiro atoms. The number of benzene rings is 2. The minimum atomic E-state index is -0.713. The molecular weight excluding hydrogens is 355 g/mol. The Hall–Kier alpha value is -2.80. The second-order valence-corrected chi connectivity index (χ2v) is 6.72. The van der Waals surface area contributed by atoms with Crippen LogP contribution in [0.4, 0.5) is 19.0 Å². The van der Waals surface area contributed by atoms with Crippen molar-refractivity contribution in [2.75, 3.05) is 5.73 Å². The molecule has 0 amide bonds. The number of ether oxygens (including phenoxy) is 1. The van der Waals surface area contributed by atoms with Crippen molar-refractivity contribution in [1.82, 2.24) is 10.3 Å². The molecule has 3 aromatic rings. The first kappa shape index (κ1) is 17.6. The van der Waals surface area contributed by atoms with Gasteiger partial charge in [0, 0.05) is 35.8 Å². The minimum absolute atomic E-state index is 0.0444. The van der Waals surface area contributed by atoms with Crippen LogP contribution in [0.3, 0.4) is 0 Å². The van der Waals surface area contributed by atoms with Crippen LogP contribution in [-0.4, -0.2) is 17.1 Å². The maximum atomic E-state index is 14.3. The number of nitrogens with one attached hydrogen (secondary N) is 1. The Kier molecular flexibility index (Phi) is 4.61. The van der Waals surface area contributed by atoms with Crippen LogP contribution in [0.2, 0.25) is 0 Å². The normalized spacial score (nSPS) is 19.1. The van der Waals surface area contributed by atoms with E-state index in [-0.39, 0.29) is 23.7 Å². The smallest absolute Gasteiger partial charge is 0.167 e. The van der Waals surface area contributed by atoms with Gasteiger partial charge in [-0.15, -0.1) is 0 Å². The van der Waals surface area contributed by atoms with Crippen LogP contribution in [0.25, 0.3) is 10.8 Å². The number of halogens is 3. The van der Waals surface area contributed by atoms with E-state index >= 15 is 0 Å². The lowest BCUT2D eigenvalue weighted by atomic mass is 9.89. The summed E-state index contributed by atoms with van der Waals surface area (Å²) in [5, 5.41) is 4.85. The third-order valence-corrected chi connectivity index (χ3v) is 4.83. The molecule has 140 valence electrons. The molecule has 1 heterocycles. The van der Waals surface area contributed by atoms with Crippen LogP contribution in [0, 0.1) is 17.5 Å². The number of aromatic nitrogens is 1. The van der Waals surface area contributed by atoms with E-state index in [0.717, 1.165) is 22.9 Å². The maximum absolute atomic E-state index is 14.3. The van der Waals surface area contributed by atoms with Gasteiger partial charge in [0.05, 0.1) is 0 Å². The summed E-state index contributed by atoms with van der Waals surface area (Å²) in [7, 11) is 0. The van der Waals surface area contributed by atoms with Gasteiger partial charge in [-0.2, -0.15) is 0 Å². The van der Waals surface area contributed by atoms with Gasteiger partial charge < -0.3 is 15.8 Å². The highest BCUT2D eigenvalue weighted by atomic mass is 19.1. The zero-order chi connectivity index (χ0) is 19.0. The first-order valence-electron chi connectivity index (χ1n) is 8.67. The van der Waals surface area contributed by atoms with Gasteiger partial charge in [-0.1, -0.05) is 0 Å². The zero-order valence-electron chi connectivity index (χ0n) is 14.4. The zero-order valence-corrected chi connectivity index (χ0v) is 14.4.